The fraction of sp³-hybridized carbons (Fsp3) is 0.422. The summed E-state index contributed by atoms with van der Waals surface area (Å²) >= 11 is 12.6. The number of benzene rings is 3. The second kappa shape index (κ2) is 20.7. The van der Waals surface area contributed by atoms with Crippen molar-refractivity contribution >= 4 is 52.9 Å². The number of fused-ring (bicyclic) bond motifs is 2. The number of halogens is 2. The van der Waals surface area contributed by atoms with E-state index in [-0.39, 0.29) is 45.1 Å². The highest BCUT2D eigenvalue weighted by Gasteiger charge is 2.39. The third-order valence-electron chi connectivity index (χ3n) is 11.5. The van der Waals surface area contributed by atoms with Gasteiger partial charge >= 0.3 is 6.03 Å². The number of imidazole rings is 1. The molecule has 2 bridgehead atoms. The third kappa shape index (κ3) is 11.5. The number of urea groups is 1. The molecular weight excluding hydrogens is 849 g/mol. The minimum Gasteiger partial charge on any atom is -0.457 e. The number of aromatic nitrogens is 2. The molecule has 2 aliphatic heterocycles. The van der Waals surface area contributed by atoms with Crippen LogP contribution in [0.1, 0.15) is 30.3 Å². The highest BCUT2D eigenvalue weighted by molar-refractivity contribution is 6.31. The topological polar surface area (TPSA) is 162 Å². The van der Waals surface area contributed by atoms with Crippen LogP contribution in [0.4, 0.5) is 4.79 Å². The Hall–Kier alpha value is -5.68. The average molecular weight is 905 g/mol. The fourth-order valence-electron chi connectivity index (χ4n) is 7.72. The van der Waals surface area contributed by atoms with E-state index in [1.807, 2.05) is 68.3 Å². The first-order chi connectivity index (χ1) is 30.0. The van der Waals surface area contributed by atoms with Crippen molar-refractivity contribution in [3.8, 4) is 22.8 Å². The van der Waals surface area contributed by atoms with Gasteiger partial charge in [0, 0.05) is 75.0 Å². The number of carbonyl (C=O) groups excluding carboxylic acids is 5. The van der Waals surface area contributed by atoms with Gasteiger partial charge in [0.1, 0.15) is 36.0 Å². The third-order valence-corrected chi connectivity index (χ3v) is 12.0. The molecule has 3 aromatic carbocycles. The van der Waals surface area contributed by atoms with Crippen molar-refractivity contribution in [1.29, 1.82) is 0 Å². The zero-order chi connectivity index (χ0) is 45.5. The first kappa shape index (κ1) is 46.8. The zero-order valence-corrected chi connectivity index (χ0v) is 38.2. The van der Waals surface area contributed by atoms with Crippen molar-refractivity contribution in [3.63, 3.8) is 0 Å². The second-order valence-electron chi connectivity index (χ2n) is 16.3. The molecule has 0 aliphatic carbocycles. The number of rotatable bonds is 11. The van der Waals surface area contributed by atoms with Gasteiger partial charge in [0.05, 0.1) is 37.6 Å². The van der Waals surface area contributed by atoms with Crippen LogP contribution in [0.25, 0.3) is 11.3 Å². The maximum Gasteiger partial charge on any atom is 0.320 e. The molecule has 0 unspecified atom stereocenters. The average Bonchev–Trinajstić information content (AvgIpc) is 3.74. The van der Waals surface area contributed by atoms with Gasteiger partial charge in [-0.25, -0.2) is 9.78 Å². The first-order valence-electron chi connectivity index (χ1n) is 20.6. The van der Waals surface area contributed by atoms with E-state index in [1.165, 1.54) is 26.7 Å². The maximum absolute atomic E-state index is 14.5. The highest BCUT2D eigenvalue weighted by atomic mass is 35.5. The second-order valence-corrected chi connectivity index (χ2v) is 17.2. The van der Waals surface area contributed by atoms with Crippen LogP contribution in [0, 0.1) is 0 Å². The number of ether oxygens (including phenoxy) is 2. The summed E-state index contributed by atoms with van der Waals surface area (Å²) in [5.74, 6) is -0.213. The summed E-state index contributed by atoms with van der Waals surface area (Å²) in [5.41, 5.74) is 3.25. The zero-order valence-electron chi connectivity index (χ0n) is 36.6. The van der Waals surface area contributed by atoms with E-state index < -0.39 is 47.9 Å². The normalized spacial score (nSPS) is 20.6. The van der Waals surface area contributed by atoms with Crippen LogP contribution in [0.15, 0.2) is 72.9 Å². The smallest absolute Gasteiger partial charge is 0.320 e. The van der Waals surface area contributed by atoms with Crippen LogP contribution < -0.4 is 15.4 Å². The SMILES string of the molecule is COC[C@@H]1NC(=O)[C@H](C)N(Cc2ccc(Cl)cc2Oc2ccc(-c3cnc(CN(C)C)n3C)cc2)C(=O)CN2C[C@H](CNC(=O)C[C@H](Cc3ccc(Cl)cc3)N(C)C1=O)N(C)C2=O. The van der Waals surface area contributed by atoms with Crippen LogP contribution in [-0.4, -0.2) is 149 Å². The van der Waals surface area contributed by atoms with Crippen LogP contribution in [-0.2, 0) is 50.5 Å². The molecule has 0 radical (unpaired) electrons. The minimum atomic E-state index is -1.17. The number of likely N-dealkylation sites (N-methyl/N-ethyl adjacent to an activating group) is 2. The van der Waals surface area contributed by atoms with Crippen LogP contribution >= 0.6 is 23.2 Å². The summed E-state index contributed by atoms with van der Waals surface area (Å²) in [6.45, 7) is 1.87. The lowest BCUT2D eigenvalue weighted by Crippen LogP contribution is -2.57. The minimum absolute atomic E-state index is 0.0623. The van der Waals surface area contributed by atoms with Crippen molar-refractivity contribution in [2.45, 2.75) is 57.0 Å². The molecule has 18 heteroatoms. The maximum atomic E-state index is 14.5. The molecule has 6 amide bonds. The van der Waals surface area contributed by atoms with Gasteiger partial charge in [-0.3, -0.25) is 19.2 Å². The van der Waals surface area contributed by atoms with Gasteiger partial charge in [0.2, 0.25) is 23.6 Å². The number of hydrogen-bond acceptors (Lipinski definition) is 9. The largest absolute Gasteiger partial charge is 0.457 e. The van der Waals surface area contributed by atoms with E-state index >= 15 is 0 Å². The quantitative estimate of drug-likeness (QED) is 0.222. The number of carbonyl (C=O) groups is 5. The van der Waals surface area contributed by atoms with Gasteiger partial charge in [-0.1, -0.05) is 41.4 Å². The lowest BCUT2D eigenvalue weighted by molar-refractivity contribution is -0.144. The Balaban J connectivity index is 1.29. The highest BCUT2D eigenvalue weighted by Crippen LogP contribution is 2.32. The lowest BCUT2D eigenvalue weighted by Gasteiger charge is -2.34. The summed E-state index contributed by atoms with van der Waals surface area (Å²) in [6.07, 6.45) is 2.08. The van der Waals surface area contributed by atoms with E-state index in [1.54, 1.807) is 51.4 Å². The molecule has 2 N–H and O–H groups in total. The van der Waals surface area contributed by atoms with Crippen LogP contribution in [0.5, 0.6) is 11.5 Å². The van der Waals surface area contributed by atoms with Gasteiger partial charge in [-0.05, 0) is 81.5 Å². The van der Waals surface area contributed by atoms with E-state index in [9.17, 15) is 24.0 Å². The number of methoxy groups -OCH3 is 1. The summed E-state index contributed by atoms with van der Waals surface area (Å²) in [5, 5.41) is 6.68. The van der Waals surface area contributed by atoms with E-state index in [0.29, 0.717) is 40.1 Å². The summed E-state index contributed by atoms with van der Waals surface area (Å²) < 4.78 is 13.9. The molecule has 2 fully saturated rings. The van der Waals surface area contributed by atoms with Crippen molar-refractivity contribution in [1.82, 2.24) is 44.7 Å². The standard InChI is InChI=1S/C45H55Cl2N9O7/c1-28-43(59)50-37(27-62-7)44(60)52(4)34(18-29-8-13-32(46)14-9-29)20-41(57)49-21-35-24-55(45(61)53(35)5)26-42(58)56(28)23-31-10-15-33(47)19-39(31)63-36-16-11-30(12-17-36)38-22-48-40(54(38)6)25-51(2)3/h8-17,19,22,28,34-35,37H,18,20-21,23-27H2,1-7H3,(H,49,57)(H,50,59)/t28-,34-,35-,37-/m0/s1. The Labute approximate surface area is 378 Å². The Bertz CT molecular complexity index is 2290. The predicted octanol–water partition coefficient (Wildman–Crippen LogP) is 4.42. The fourth-order valence-corrected chi connectivity index (χ4v) is 8.01. The Morgan fingerprint density at radius 1 is 0.905 bits per heavy atom. The Morgan fingerprint density at radius 2 is 1.60 bits per heavy atom. The van der Waals surface area contributed by atoms with Gasteiger partial charge in [-0.15, -0.1) is 0 Å². The van der Waals surface area contributed by atoms with Gasteiger partial charge in [0.25, 0.3) is 0 Å². The molecule has 6 rings (SSSR count). The van der Waals surface area contributed by atoms with Crippen molar-refractivity contribution < 1.29 is 33.4 Å². The van der Waals surface area contributed by atoms with Gasteiger partial charge < -0.3 is 49.2 Å². The molecule has 0 saturated carbocycles. The Morgan fingerprint density at radius 3 is 2.29 bits per heavy atom. The number of amides is 6. The molecule has 336 valence electrons. The van der Waals surface area contributed by atoms with Crippen molar-refractivity contribution in [2.75, 3.05) is 61.5 Å². The molecule has 0 spiro atoms. The number of nitrogens with one attached hydrogen (secondary N) is 2. The van der Waals surface area contributed by atoms with Gasteiger partial charge in [0.15, 0.2) is 0 Å². The first-order valence-corrected chi connectivity index (χ1v) is 21.4. The molecule has 2 saturated heterocycles. The molecule has 1 aromatic heterocycles. The van der Waals surface area contributed by atoms with Gasteiger partial charge in [-0.2, -0.15) is 0 Å². The molecule has 4 aromatic rings. The van der Waals surface area contributed by atoms with E-state index in [4.69, 9.17) is 32.7 Å². The Kier molecular flexibility index (Phi) is 15.4. The predicted molar refractivity (Wildman–Crippen MR) is 239 cm³/mol. The summed E-state index contributed by atoms with van der Waals surface area (Å²) in [7, 11) is 10.6. The molecule has 3 heterocycles. The van der Waals surface area contributed by atoms with Crippen LogP contribution in [0.3, 0.4) is 0 Å². The number of nitrogens with zero attached hydrogens (tertiary/aromatic N) is 7. The lowest BCUT2D eigenvalue weighted by atomic mass is 10.0. The summed E-state index contributed by atoms with van der Waals surface area (Å²) in [6, 6.07) is 15.9. The van der Waals surface area contributed by atoms with E-state index in [2.05, 4.69) is 20.5 Å². The monoisotopic (exact) mass is 903 g/mol. The molecule has 63 heavy (non-hydrogen) atoms. The molecule has 4 atom stereocenters. The molecule has 16 nitrogen and oxygen atoms in total. The molecule has 2 aliphatic rings. The van der Waals surface area contributed by atoms with Crippen molar-refractivity contribution in [3.05, 3.63) is 99.9 Å². The van der Waals surface area contributed by atoms with Crippen LogP contribution in [0.2, 0.25) is 10.0 Å². The van der Waals surface area contributed by atoms with E-state index in [0.717, 1.165) is 22.6 Å². The van der Waals surface area contributed by atoms with Crippen molar-refractivity contribution in [2.24, 2.45) is 7.05 Å². The molecular formula is C45H55Cl2N9O7. The summed E-state index contributed by atoms with van der Waals surface area (Å²) in [4.78, 5) is 82.3. The number of hydrogen-bond donors (Lipinski definition) is 2.